The van der Waals surface area contributed by atoms with Crippen molar-refractivity contribution in [3.8, 4) is 17.2 Å². The van der Waals surface area contributed by atoms with Crippen LogP contribution in [-0.4, -0.2) is 61.6 Å². The highest BCUT2D eigenvalue weighted by Gasteiger charge is 2.32. The van der Waals surface area contributed by atoms with Gasteiger partial charge in [0.25, 0.3) is 0 Å². The predicted octanol–water partition coefficient (Wildman–Crippen LogP) is 5.02. The quantitative estimate of drug-likeness (QED) is 0.368. The van der Waals surface area contributed by atoms with E-state index in [1.54, 1.807) is 25.4 Å². The van der Waals surface area contributed by atoms with Gasteiger partial charge in [-0.2, -0.15) is 5.26 Å². The SMILES string of the molecule is COC[C@H](C)NC1CCC(Nc2cc(-c3cnc(Cl)c(NCC4(C#N)CCOCC4)c3)c(F)cn2)CC1. The van der Waals surface area contributed by atoms with Gasteiger partial charge in [-0.15, -0.1) is 0 Å². The van der Waals surface area contributed by atoms with Crippen LogP contribution in [0.1, 0.15) is 45.4 Å². The maximum absolute atomic E-state index is 14.8. The standard InChI is InChI=1S/C27H36ClFN6O2/c1-18(15-36-2)34-20-3-5-21(6-4-20)35-25-12-22(23(29)14-31-25)19-11-24(26(28)32-13-19)33-17-27(16-30)7-9-37-10-8-27/h11-14,18,20-21,33-34H,3-10,15,17H2,1-2H3,(H,31,35)/t18-,20?,21?/m0/s1. The summed E-state index contributed by atoms with van der Waals surface area (Å²) >= 11 is 6.34. The zero-order valence-electron chi connectivity index (χ0n) is 21.5. The Labute approximate surface area is 223 Å². The lowest BCUT2D eigenvalue weighted by Crippen LogP contribution is -2.42. The summed E-state index contributed by atoms with van der Waals surface area (Å²) in [5.74, 6) is 0.203. The maximum atomic E-state index is 14.8. The van der Waals surface area contributed by atoms with Crippen LogP contribution in [0.4, 0.5) is 15.9 Å². The molecule has 2 aromatic rings. The van der Waals surface area contributed by atoms with Gasteiger partial charge in [-0.3, -0.25) is 0 Å². The summed E-state index contributed by atoms with van der Waals surface area (Å²) in [4.78, 5) is 8.55. The van der Waals surface area contributed by atoms with Crippen LogP contribution in [0.2, 0.25) is 5.15 Å². The fourth-order valence-electron chi connectivity index (χ4n) is 5.13. The molecule has 8 nitrogen and oxygen atoms in total. The molecular formula is C27H36ClFN6O2. The Morgan fingerprint density at radius 2 is 1.92 bits per heavy atom. The predicted molar refractivity (Wildman–Crippen MR) is 143 cm³/mol. The van der Waals surface area contributed by atoms with Gasteiger partial charge in [0, 0.05) is 62.3 Å². The van der Waals surface area contributed by atoms with Crippen LogP contribution in [0.5, 0.6) is 0 Å². The van der Waals surface area contributed by atoms with E-state index in [-0.39, 0.29) is 11.2 Å². The second-order valence-corrected chi connectivity index (χ2v) is 10.5. The topological polar surface area (TPSA) is 104 Å². The number of nitrogens with one attached hydrogen (secondary N) is 3. The van der Waals surface area contributed by atoms with E-state index in [0.29, 0.717) is 73.9 Å². The van der Waals surface area contributed by atoms with E-state index in [0.717, 1.165) is 25.7 Å². The molecule has 0 aromatic carbocycles. The lowest BCUT2D eigenvalue weighted by atomic mass is 9.81. The summed E-state index contributed by atoms with van der Waals surface area (Å²) in [5, 5.41) is 20.4. The highest BCUT2D eigenvalue weighted by molar-refractivity contribution is 6.32. The lowest BCUT2D eigenvalue weighted by molar-refractivity contribution is 0.0456. The van der Waals surface area contributed by atoms with E-state index in [1.165, 1.54) is 6.20 Å². The number of hydrogen-bond acceptors (Lipinski definition) is 8. The first kappa shape index (κ1) is 27.5. The number of halogens is 2. The van der Waals surface area contributed by atoms with Crippen molar-refractivity contribution < 1.29 is 13.9 Å². The van der Waals surface area contributed by atoms with Crippen LogP contribution in [0, 0.1) is 22.6 Å². The van der Waals surface area contributed by atoms with Gasteiger partial charge in [-0.1, -0.05) is 11.6 Å². The molecular weight excluding hydrogens is 495 g/mol. The summed E-state index contributed by atoms with van der Waals surface area (Å²) in [6, 6.07) is 7.03. The van der Waals surface area contributed by atoms with Crippen LogP contribution in [0.25, 0.3) is 11.1 Å². The second-order valence-electron chi connectivity index (χ2n) is 10.2. The molecule has 0 spiro atoms. The molecule has 1 saturated heterocycles. The molecule has 3 N–H and O–H groups in total. The van der Waals surface area contributed by atoms with Crippen LogP contribution < -0.4 is 16.0 Å². The van der Waals surface area contributed by atoms with E-state index < -0.39 is 11.2 Å². The normalized spacial score (nSPS) is 22.1. The van der Waals surface area contributed by atoms with Gasteiger partial charge in [0.15, 0.2) is 5.15 Å². The van der Waals surface area contributed by atoms with Crippen LogP contribution in [0.15, 0.2) is 24.5 Å². The van der Waals surface area contributed by atoms with Gasteiger partial charge in [0.05, 0.1) is 30.0 Å². The van der Waals surface area contributed by atoms with Crippen LogP contribution >= 0.6 is 11.6 Å². The van der Waals surface area contributed by atoms with Gasteiger partial charge in [-0.25, -0.2) is 14.4 Å². The first-order chi connectivity index (χ1) is 17.9. The van der Waals surface area contributed by atoms with Gasteiger partial charge < -0.3 is 25.4 Å². The molecule has 10 heteroatoms. The minimum absolute atomic E-state index is 0.280. The third-order valence-electron chi connectivity index (χ3n) is 7.33. The molecule has 0 unspecified atom stereocenters. The van der Waals surface area contributed by atoms with Gasteiger partial charge in [0.1, 0.15) is 11.6 Å². The number of ether oxygens (including phenoxy) is 2. The molecule has 0 bridgehead atoms. The number of pyridine rings is 2. The number of nitriles is 1. The molecule has 1 aliphatic carbocycles. The molecule has 200 valence electrons. The van der Waals surface area contributed by atoms with E-state index in [4.69, 9.17) is 21.1 Å². The molecule has 1 atom stereocenters. The molecule has 0 radical (unpaired) electrons. The fraction of sp³-hybridized carbons (Fsp3) is 0.593. The maximum Gasteiger partial charge on any atom is 0.152 e. The van der Waals surface area contributed by atoms with Crippen molar-refractivity contribution in [3.63, 3.8) is 0 Å². The third-order valence-corrected chi connectivity index (χ3v) is 7.63. The summed E-state index contributed by atoms with van der Waals surface area (Å²) in [6.07, 6.45) is 8.24. The first-order valence-corrected chi connectivity index (χ1v) is 13.3. The number of anilines is 2. The summed E-state index contributed by atoms with van der Waals surface area (Å²) in [5.41, 5.74) is 1.04. The third kappa shape index (κ3) is 7.29. The summed E-state index contributed by atoms with van der Waals surface area (Å²) < 4.78 is 25.5. The molecule has 2 aromatic heterocycles. The molecule has 4 rings (SSSR count). The Balaban J connectivity index is 1.41. The smallest absolute Gasteiger partial charge is 0.152 e. The minimum atomic E-state index is -0.521. The molecule has 1 aliphatic heterocycles. The van der Waals surface area contributed by atoms with Gasteiger partial charge >= 0.3 is 0 Å². The Morgan fingerprint density at radius 1 is 1.19 bits per heavy atom. The molecule has 37 heavy (non-hydrogen) atoms. The van der Waals surface area contributed by atoms with E-state index in [1.807, 2.05) is 0 Å². The average Bonchev–Trinajstić information content (AvgIpc) is 2.91. The molecule has 2 aliphatic rings. The molecule has 3 heterocycles. The Bertz CT molecular complexity index is 1080. The largest absolute Gasteiger partial charge is 0.383 e. The second kappa shape index (κ2) is 12.8. The number of rotatable bonds is 10. The van der Waals surface area contributed by atoms with Gasteiger partial charge in [0.2, 0.25) is 0 Å². The number of aromatic nitrogens is 2. The van der Waals surface area contributed by atoms with Crippen molar-refractivity contribution in [1.29, 1.82) is 5.26 Å². The highest BCUT2D eigenvalue weighted by Crippen LogP contribution is 2.33. The average molecular weight is 531 g/mol. The summed E-state index contributed by atoms with van der Waals surface area (Å²) in [6.45, 7) is 4.38. The zero-order chi connectivity index (χ0) is 26.3. The zero-order valence-corrected chi connectivity index (χ0v) is 22.3. The first-order valence-electron chi connectivity index (χ1n) is 13.0. The van der Waals surface area contributed by atoms with Crippen molar-refractivity contribution in [3.05, 3.63) is 35.5 Å². The Kier molecular flexibility index (Phi) is 9.54. The Hall–Kier alpha value is -2.51. The fourth-order valence-corrected chi connectivity index (χ4v) is 5.30. The van der Waals surface area contributed by atoms with E-state index in [9.17, 15) is 9.65 Å². The highest BCUT2D eigenvalue weighted by atomic mass is 35.5. The van der Waals surface area contributed by atoms with Crippen molar-refractivity contribution >= 4 is 23.1 Å². The molecule has 0 amide bonds. The monoisotopic (exact) mass is 530 g/mol. The van der Waals surface area contributed by atoms with Crippen molar-refractivity contribution in [2.75, 3.05) is 44.1 Å². The van der Waals surface area contributed by atoms with Crippen LogP contribution in [0.3, 0.4) is 0 Å². The lowest BCUT2D eigenvalue weighted by Gasteiger charge is -2.32. The van der Waals surface area contributed by atoms with E-state index >= 15 is 0 Å². The molecule has 2 fully saturated rings. The van der Waals surface area contributed by atoms with Crippen molar-refractivity contribution in [2.45, 2.75) is 63.6 Å². The van der Waals surface area contributed by atoms with Crippen molar-refractivity contribution in [2.24, 2.45) is 5.41 Å². The Morgan fingerprint density at radius 3 is 2.62 bits per heavy atom. The van der Waals surface area contributed by atoms with Crippen LogP contribution in [-0.2, 0) is 9.47 Å². The minimum Gasteiger partial charge on any atom is -0.383 e. The number of hydrogen-bond donors (Lipinski definition) is 3. The van der Waals surface area contributed by atoms with Gasteiger partial charge in [-0.05, 0) is 57.6 Å². The number of methoxy groups -OCH3 is 1. The number of nitrogens with zero attached hydrogens (tertiary/aromatic N) is 3. The molecule has 1 saturated carbocycles. The van der Waals surface area contributed by atoms with E-state index in [2.05, 4.69) is 38.9 Å². The van der Waals surface area contributed by atoms with Crippen molar-refractivity contribution in [1.82, 2.24) is 15.3 Å². The summed E-state index contributed by atoms with van der Waals surface area (Å²) in [7, 11) is 1.72.